The lowest BCUT2D eigenvalue weighted by Gasteiger charge is -2.15. The van der Waals surface area contributed by atoms with E-state index in [0.29, 0.717) is 17.5 Å². The van der Waals surface area contributed by atoms with Gasteiger partial charge in [-0.2, -0.15) is 0 Å². The summed E-state index contributed by atoms with van der Waals surface area (Å²) in [6, 6.07) is 52.5. The molecule has 6 aromatic carbocycles. The molecule has 5 nitrogen and oxygen atoms in total. The van der Waals surface area contributed by atoms with E-state index < -0.39 is 0 Å². The molecule has 0 N–H and O–H groups in total. The first kappa shape index (κ1) is 26.9. The zero-order chi connectivity index (χ0) is 31.2. The highest BCUT2D eigenvalue weighted by molar-refractivity contribution is 6.08. The third-order valence-corrected chi connectivity index (χ3v) is 8.74. The van der Waals surface area contributed by atoms with Crippen molar-refractivity contribution in [2.45, 2.75) is 0 Å². The first-order chi connectivity index (χ1) is 23.3. The van der Waals surface area contributed by atoms with Gasteiger partial charge in [0.1, 0.15) is 0 Å². The van der Waals surface area contributed by atoms with Crippen LogP contribution in [0.3, 0.4) is 0 Å². The summed E-state index contributed by atoms with van der Waals surface area (Å²) < 4.78 is 2.31. The third kappa shape index (κ3) is 4.73. The lowest BCUT2D eigenvalue weighted by Crippen LogP contribution is -2.01. The maximum absolute atomic E-state index is 5.09. The normalized spacial score (nSPS) is 11.4. The molecular formula is C42H27N5. The van der Waals surface area contributed by atoms with Crippen molar-refractivity contribution in [2.75, 3.05) is 0 Å². The molecule has 0 amide bonds. The van der Waals surface area contributed by atoms with E-state index in [-0.39, 0.29) is 0 Å². The summed E-state index contributed by atoms with van der Waals surface area (Å²) in [7, 11) is 0. The highest BCUT2D eigenvalue weighted by Gasteiger charge is 2.18. The summed E-state index contributed by atoms with van der Waals surface area (Å²) in [6.45, 7) is 0. The lowest BCUT2D eigenvalue weighted by molar-refractivity contribution is 1.07. The van der Waals surface area contributed by atoms with Gasteiger partial charge in [0.2, 0.25) is 0 Å². The van der Waals surface area contributed by atoms with Crippen LogP contribution in [0.4, 0.5) is 0 Å². The minimum atomic E-state index is 0.637. The fourth-order valence-corrected chi connectivity index (χ4v) is 6.48. The molecule has 9 aromatic rings. The van der Waals surface area contributed by atoms with E-state index in [9.17, 15) is 0 Å². The fourth-order valence-electron chi connectivity index (χ4n) is 6.48. The summed E-state index contributed by atoms with van der Waals surface area (Å²) in [5.74, 6) is 1.92. The van der Waals surface area contributed by atoms with Crippen molar-refractivity contribution in [1.29, 1.82) is 0 Å². The van der Waals surface area contributed by atoms with Crippen LogP contribution in [0.2, 0.25) is 0 Å². The highest BCUT2D eigenvalue weighted by Crippen LogP contribution is 2.37. The zero-order valence-electron chi connectivity index (χ0n) is 25.3. The Morgan fingerprint density at radius 1 is 0.404 bits per heavy atom. The second-order valence-corrected chi connectivity index (χ2v) is 11.6. The molecule has 47 heavy (non-hydrogen) atoms. The molecular weight excluding hydrogens is 574 g/mol. The second kappa shape index (κ2) is 11.2. The van der Waals surface area contributed by atoms with Gasteiger partial charge in [-0.3, -0.25) is 4.98 Å². The van der Waals surface area contributed by atoms with Gasteiger partial charge in [0.15, 0.2) is 17.5 Å². The molecule has 3 aromatic heterocycles. The number of nitrogens with zero attached hydrogens (tertiary/aromatic N) is 5. The van der Waals surface area contributed by atoms with E-state index in [2.05, 4.69) is 101 Å². The molecule has 0 atom stereocenters. The number of hydrogen-bond donors (Lipinski definition) is 0. The van der Waals surface area contributed by atoms with Gasteiger partial charge in [0, 0.05) is 45.5 Å². The number of aromatic nitrogens is 5. The van der Waals surface area contributed by atoms with Crippen LogP contribution < -0.4 is 0 Å². The van der Waals surface area contributed by atoms with Crippen LogP contribution in [0.5, 0.6) is 0 Å². The predicted octanol–water partition coefficient (Wildman–Crippen LogP) is 10.2. The van der Waals surface area contributed by atoms with E-state index in [1.807, 2.05) is 73.1 Å². The number of benzene rings is 6. The first-order valence-electron chi connectivity index (χ1n) is 15.6. The molecule has 0 spiro atoms. The van der Waals surface area contributed by atoms with Gasteiger partial charge < -0.3 is 4.57 Å². The number of pyridine rings is 1. The van der Waals surface area contributed by atoms with E-state index in [4.69, 9.17) is 15.0 Å². The fraction of sp³-hybridized carbons (Fsp3) is 0. The van der Waals surface area contributed by atoms with Crippen molar-refractivity contribution in [1.82, 2.24) is 24.5 Å². The quantitative estimate of drug-likeness (QED) is 0.197. The largest absolute Gasteiger partial charge is 0.309 e. The summed E-state index contributed by atoms with van der Waals surface area (Å²) in [6.07, 6.45) is 3.81. The highest BCUT2D eigenvalue weighted by atomic mass is 15.0. The van der Waals surface area contributed by atoms with Gasteiger partial charge in [-0.25, -0.2) is 15.0 Å². The Kier molecular flexibility index (Phi) is 6.39. The molecule has 0 saturated carbocycles. The molecule has 0 fully saturated rings. The van der Waals surface area contributed by atoms with Crippen molar-refractivity contribution >= 4 is 32.6 Å². The summed E-state index contributed by atoms with van der Waals surface area (Å²) in [5, 5.41) is 4.62. The number of rotatable bonds is 5. The van der Waals surface area contributed by atoms with Crippen LogP contribution in [0.25, 0.3) is 83.6 Å². The number of para-hydroxylation sites is 1. The minimum absolute atomic E-state index is 0.637. The van der Waals surface area contributed by atoms with Crippen molar-refractivity contribution in [2.24, 2.45) is 0 Å². The van der Waals surface area contributed by atoms with Gasteiger partial charge in [0.05, 0.1) is 11.0 Å². The van der Waals surface area contributed by atoms with Gasteiger partial charge >= 0.3 is 0 Å². The maximum atomic E-state index is 5.09. The molecule has 5 heteroatoms. The third-order valence-electron chi connectivity index (χ3n) is 8.74. The van der Waals surface area contributed by atoms with Crippen LogP contribution in [-0.2, 0) is 0 Å². The Morgan fingerprint density at radius 2 is 0.957 bits per heavy atom. The van der Waals surface area contributed by atoms with Gasteiger partial charge in [-0.15, -0.1) is 0 Å². The van der Waals surface area contributed by atoms with Crippen molar-refractivity contribution in [3.8, 4) is 51.0 Å². The van der Waals surface area contributed by atoms with Crippen LogP contribution in [0.15, 0.2) is 164 Å². The van der Waals surface area contributed by atoms with E-state index in [1.54, 1.807) is 0 Å². The molecule has 0 aliphatic heterocycles. The molecule has 0 aliphatic carbocycles. The second-order valence-electron chi connectivity index (χ2n) is 11.6. The molecule has 0 radical (unpaired) electrons. The smallest absolute Gasteiger partial charge is 0.164 e. The maximum Gasteiger partial charge on any atom is 0.164 e. The zero-order valence-corrected chi connectivity index (χ0v) is 25.3. The average Bonchev–Trinajstić information content (AvgIpc) is 3.49. The monoisotopic (exact) mass is 601 g/mol. The Balaban J connectivity index is 1.24. The van der Waals surface area contributed by atoms with Gasteiger partial charge in [-0.05, 0) is 58.3 Å². The Labute approximate surface area is 271 Å². The molecule has 0 saturated heterocycles. The number of fused-ring (bicyclic) bond motifs is 4. The Morgan fingerprint density at radius 3 is 1.64 bits per heavy atom. The van der Waals surface area contributed by atoms with Crippen molar-refractivity contribution in [3.05, 3.63) is 164 Å². The molecule has 0 bridgehead atoms. The van der Waals surface area contributed by atoms with Gasteiger partial charge in [-0.1, -0.05) is 115 Å². The molecule has 9 rings (SSSR count). The van der Waals surface area contributed by atoms with E-state index >= 15 is 0 Å². The summed E-state index contributed by atoms with van der Waals surface area (Å²) >= 11 is 0. The lowest BCUT2D eigenvalue weighted by atomic mass is 9.94. The Hall–Kier alpha value is -6.46. The SMILES string of the molecule is c1ccc(-c2nc(-c3ccccc3)nc(-c3cc4ccccc4cc3-c3ccc(-n4c5ccccc5c5cnccc54)cc3)n2)cc1. The first-order valence-corrected chi connectivity index (χ1v) is 15.6. The standard InChI is InChI=1S/C42H27N5/c1-3-11-29(12-4-1)40-44-41(30-13-5-2-6-14-30)46-42(45-40)36-26-32-16-8-7-15-31(32)25-35(36)28-19-21-33(22-20-28)47-38-18-10-9-17-34(38)37-27-43-24-23-39(37)47/h1-27H. The van der Waals surface area contributed by atoms with E-state index in [1.165, 1.54) is 5.39 Å². The average molecular weight is 602 g/mol. The summed E-state index contributed by atoms with van der Waals surface area (Å²) in [5.41, 5.74) is 8.37. The minimum Gasteiger partial charge on any atom is -0.309 e. The van der Waals surface area contributed by atoms with Crippen LogP contribution in [0.1, 0.15) is 0 Å². The molecule has 3 heterocycles. The van der Waals surface area contributed by atoms with Crippen LogP contribution >= 0.6 is 0 Å². The summed E-state index contributed by atoms with van der Waals surface area (Å²) in [4.78, 5) is 19.5. The van der Waals surface area contributed by atoms with Crippen LogP contribution in [0, 0.1) is 0 Å². The number of hydrogen-bond acceptors (Lipinski definition) is 4. The van der Waals surface area contributed by atoms with Gasteiger partial charge in [0.25, 0.3) is 0 Å². The molecule has 0 aliphatic rings. The molecule has 0 unspecified atom stereocenters. The van der Waals surface area contributed by atoms with Crippen molar-refractivity contribution in [3.63, 3.8) is 0 Å². The van der Waals surface area contributed by atoms with Crippen LogP contribution in [-0.4, -0.2) is 24.5 Å². The van der Waals surface area contributed by atoms with Crippen molar-refractivity contribution < 1.29 is 0 Å². The Bertz CT molecular complexity index is 2440. The van der Waals surface area contributed by atoms with E-state index in [0.717, 1.165) is 60.7 Å². The molecule has 220 valence electrons. The topological polar surface area (TPSA) is 56.5 Å². The predicted molar refractivity (Wildman–Crippen MR) is 191 cm³/mol.